The number of hydrogen-bond acceptors (Lipinski definition) is 9. The van der Waals surface area contributed by atoms with Crippen LogP contribution in [0.1, 0.15) is 49.1 Å². The smallest absolute Gasteiger partial charge is 0.371 e. The Morgan fingerprint density at radius 1 is 1.02 bits per heavy atom. The number of piperazine rings is 1. The Hall–Kier alpha value is -2.28. The molecule has 2 aromatic rings. The predicted molar refractivity (Wildman–Crippen MR) is 158 cm³/mol. The van der Waals surface area contributed by atoms with E-state index in [1.165, 1.54) is 36.0 Å². The molecule has 1 aliphatic carbocycles. The maximum absolute atomic E-state index is 13.6. The third-order valence-electron chi connectivity index (χ3n) is 8.14. The largest absolute Gasteiger partial charge is 0.421 e. The molecule has 0 amide bonds. The highest BCUT2D eigenvalue weighted by atomic mass is 32.2. The summed E-state index contributed by atoms with van der Waals surface area (Å²) in [5.41, 5.74) is 2.44. The number of halogens is 3. The number of nitrogens with zero attached hydrogens (tertiary/aromatic N) is 5. The Kier molecular flexibility index (Phi) is 9.60. The lowest BCUT2D eigenvalue weighted by atomic mass is 10.0. The van der Waals surface area contributed by atoms with Crippen LogP contribution in [0.5, 0.6) is 0 Å². The van der Waals surface area contributed by atoms with E-state index in [9.17, 15) is 13.2 Å². The number of alkyl halides is 3. The minimum atomic E-state index is -4.53. The second kappa shape index (κ2) is 13.1. The fraction of sp³-hybridized carbons (Fsp3) is 0.643. The van der Waals surface area contributed by atoms with Gasteiger partial charge in [-0.1, -0.05) is 11.9 Å². The van der Waals surface area contributed by atoms with Crippen LogP contribution in [0.3, 0.4) is 0 Å². The summed E-state index contributed by atoms with van der Waals surface area (Å²) in [7, 11) is 4.02. The van der Waals surface area contributed by atoms with E-state index in [-0.39, 0.29) is 11.8 Å². The summed E-state index contributed by atoms with van der Waals surface area (Å²) in [5, 5.41) is 6.11. The molecule has 3 aliphatic rings. The van der Waals surface area contributed by atoms with Gasteiger partial charge in [0, 0.05) is 75.2 Å². The van der Waals surface area contributed by atoms with Crippen LogP contribution in [0.25, 0.3) is 0 Å². The zero-order chi connectivity index (χ0) is 28.1. The van der Waals surface area contributed by atoms with E-state index in [0.29, 0.717) is 24.9 Å². The minimum Gasteiger partial charge on any atom is -0.371 e. The van der Waals surface area contributed by atoms with Gasteiger partial charge in [0.05, 0.1) is 0 Å². The monoisotopic (exact) mass is 578 g/mol. The topological polar surface area (TPSA) is 71.6 Å². The number of hydrogen-bond donors (Lipinski definition) is 3. The summed E-state index contributed by atoms with van der Waals surface area (Å²) >= 11 is 1.52. The summed E-state index contributed by atoms with van der Waals surface area (Å²) < 4.78 is 43.8. The quantitative estimate of drug-likeness (QED) is 0.252. The molecular weight excluding hydrogens is 537 g/mol. The molecule has 0 unspecified atom stereocenters. The SMILES string of the molecule is CNSCCCNc1nc(Nc2ccc(N3CCC(N4CCN(C)CC4)CC3)cc2C2CC2)ncc1C(F)(F)F. The van der Waals surface area contributed by atoms with Gasteiger partial charge in [-0.25, -0.2) is 4.98 Å². The standard InChI is InChI=1S/C28H41F3N8S/c1-32-40-17-3-10-33-26-24(28(29,30)31)19-34-27(36-26)35-25-7-6-22(18-23(25)20-4-5-20)38-11-8-21(9-12-38)39-15-13-37(2)14-16-39/h6-7,18-21,32H,3-5,8-17H2,1-2H3,(H2,33,34,35,36). The molecule has 3 N–H and O–H groups in total. The number of anilines is 4. The first-order valence-corrected chi connectivity index (χ1v) is 15.4. The van der Waals surface area contributed by atoms with Crippen LogP contribution in [-0.2, 0) is 6.18 Å². The Morgan fingerprint density at radius 3 is 2.45 bits per heavy atom. The highest BCUT2D eigenvalue weighted by Crippen LogP contribution is 2.45. The highest BCUT2D eigenvalue weighted by Gasteiger charge is 2.35. The summed E-state index contributed by atoms with van der Waals surface area (Å²) in [6.07, 6.45) is 1.63. The Labute approximate surface area is 239 Å². The van der Waals surface area contributed by atoms with E-state index in [4.69, 9.17) is 0 Å². The van der Waals surface area contributed by atoms with Crippen molar-refractivity contribution in [2.24, 2.45) is 0 Å². The van der Waals surface area contributed by atoms with Gasteiger partial charge in [-0.2, -0.15) is 18.2 Å². The van der Waals surface area contributed by atoms with Crippen LogP contribution in [0.15, 0.2) is 24.4 Å². The number of aromatic nitrogens is 2. The van der Waals surface area contributed by atoms with Gasteiger partial charge in [-0.15, -0.1) is 0 Å². The van der Waals surface area contributed by atoms with Crippen LogP contribution < -0.4 is 20.3 Å². The summed E-state index contributed by atoms with van der Waals surface area (Å²) in [5.74, 6) is 1.23. The van der Waals surface area contributed by atoms with Gasteiger partial charge in [0.25, 0.3) is 0 Å². The van der Waals surface area contributed by atoms with E-state index in [1.54, 1.807) is 0 Å². The first-order chi connectivity index (χ1) is 19.3. The van der Waals surface area contributed by atoms with Crippen molar-refractivity contribution in [3.8, 4) is 0 Å². The molecule has 3 fully saturated rings. The van der Waals surface area contributed by atoms with Crippen LogP contribution in [0, 0.1) is 0 Å². The van der Waals surface area contributed by atoms with Crippen molar-refractivity contribution in [2.45, 2.75) is 50.2 Å². The first-order valence-electron chi connectivity index (χ1n) is 14.4. The molecule has 2 saturated heterocycles. The van der Waals surface area contributed by atoms with E-state index in [2.05, 4.69) is 59.2 Å². The molecule has 2 aliphatic heterocycles. The lowest BCUT2D eigenvalue weighted by molar-refractivity contribution is -0.137. The fourth-order valence-electron chi connectivity index (χ4n) is 5.63. The molecule has 12 heteroatoms. The Morgan fingerprint density at radius 2 is 1.77 bits per heavy atom. The Bertz CT molecular complexity index is 1110. The predicted octanol–water partition coefficient (Wildman–Crippen LogP) is 5.00. The third kappa shape index (κ3) is 7.51. The normalized spacial score (nSPS) is 19.7. The minimum absolute atomic E-state index is 0.169. The number of piperidine rings is 1. The van der Waals surface area contributed by atoms with Gasteiger partial charge in [-0.05, 0) is 75.9 Å². The molecule has 3 heterocycles. The highest BCUT2D eigenvalue weighted by molar-refractivity contribution is 7.97. The van der Waals surface area contributed by atoms with Crippen LogP contribution >= 0.6 is 11.9 Å². The third-order valence-corrected chi connectivity index (χ3v) is 8.92. The molecular formula is C28H41F3N8S. The molecule has 1 aromatic heterocycles. The van der Waals surface area contributed by atoms with Gasteiger partial charge in [0.15, 0.2) is 0 Å². The second-order valence-electron chi connectivity index (χ2n) is 11.0. The average molecular weight is 579 g/mol. The van der Waals surface area contributed by atoms with E-state index >= 15 is 0 Å². The molecule has 40 heavy (non-hydrogen) atoms. The van der Waals surface area contributed by atoms with Gasteiger partial charge in [-0.3, -0.25) is 9.62 Å². The molecule has 0 radical (unpaired) electrons. The number of rotatable bonds is 11. The zero-order valence-electron chi connectivity index (χ0n) is 23.4. The lowest BCUT2D eigenvalue weighted by Crippen LogP contribution is -2.52. The molecule has 0 bridgehead atoms. The van der Waals surface area contributed by atoms with E-state index < -0.39 is 11.7 Å². The van der Waals surface area contributed by atoms with Gasteiger partial charge in [0.2, 0.25) is 5.95 Å². The van der Waals surface area contributed by atoms with Crippen molar-refractivity contribution in [1.82, 2.24) is 24.5 Å². The van der Waals surface area contributed by atoms with E-state index in [0.717, 1.165) is 69.7 Å². The molecule has 0 atom stereocenters. The van der Waals surface area contributed by atoms with Crippen molar-refractivity contribution in [1.29, 1.82) is 0 Å². The molecule has 0 spiro atoms. The first kappa shape index (κ1) is 29.2. The van der Waals surface area contributed by atoms with Gasteiger partial charge < -0.3 is 20.4 Å². The van der Waals surface area contributed by atoms with Crippen molar-refractivity contribution in [2.75, 3.05) is 81.2 Å². The maximum atomic E-state index is 13.6. The van der Waals surface area contributed by atoms with Crippen molar-refractivity contribution in [3.63, 3.8) is 0 Å². The van der Waals surface area contributed by atoms with Crippen LogP contribution in [0.4, 0.5) is 36.3 Å². The summed E-state index contributed by atoms with van der Waals surface area (Å²) in [6, 6.07) is 7.08. The maximum Gasteiger partial charge on any atom is 0.421 e. The molecule has 1 saturated carbocycles. The van der Waals surface area contributed by atoms with Crippen molar-refractivity contribution >= 4 is 35.1 Å². The van der Waals surface area contributed by atoms with E-state index in [1.807, 2.05) is 13.1 Å². The summed E-state index contributed by atoms with van der Waals surface area (Å²) in [6.45, 7) is 7.08. The Balaban J connectivity index is 1.26. The molecule has 8 nitrogen and oxygen atoms in total. The number of nitrogens with one attached hydrogen (secondary N) is 3. The van der Waals surface area contributed by atoms with Crippen LogP contribution in [-0.4, -0.2) is 91.5 Å². The van der Waals surface area contributed by atoms with Crippen molar-refractivity contribution < 1.29 is 13.2 Å². The molecule has 1 aromatic carbocycles. The van der Waals surface area contributed by atoms with Crippen LogP contribution in [0.2, 0.25) is 0 Å². The van der Waals surface area contributed by atoms with Gasteiger partial charge in [0.1, 0.15) is 11.4 Å². The zero-order valence-corrected chi connectivity index (χ0v) is 24.3. The number of benzene rings is 1. The number of likely N-dealkylation sites (N-methyl/N-ethyl adjacent to an activating group) is 1. The summed E-state index contributed by atoms with van der Waals surface area (Å²) in [4.78, 5) is 15.8. The molecule has 5 rings (SSSR count). The average Bonchev–Trinajstić information content (AvgIpc) is 3.79. The molecule has 220 valence electrons. The second-order valence-corrected chi connectivity index (χ2v) is 12.1. The van der Waals surface area contributed by atoms with Crippen molar-refractivity contribution in [3.05, 3.63) is 35.5 Å². The lowest BCUT2D eigenvalue weighted by Gasteiger charge is -2.42. The fourth-order valence-corrected chi connectivity index (χ4v) is 6.12. The van der Waals surface area contributed by atoms with Gasteiger partial charge >= 0.3 is 6.18 Å².